The van der Waals surface area contributed by atoms with E-state index in [2.05, 4.69) is 18.5 Å². The molecule has 1 amide bonds. The van der Waals surface area contributed by atoms with Gasteiger partial charge in [-0.3, -0.25) is 0 Å². The van der Waals surface area contributed by atoms with Gasteiger partial charge < -0.3 is 20.5 Å². The average molecular weight is 370 g/mol. The van der Waals surface area contributed by atoms with Crippen molar-refractivity contribution in [2.24, 2.45) is 0 Å². The normalized spacial score (nSPS) is 10.7. The van der Waals surface area contributed by atoms with Crippen LogP contribution in [0.3, 0.4) is 0 Å². The second-order valence-electron chi connectivity index (χ2n) is 5.68. The lowest BCUT2D eigenvalue weighted by Crippen LogP contribution is -2.43. The molecule has 1 atom stereocenters. The minimum atomic E-state index is -0.837. The number of ether oxygens (including phenoxy) is 2. The molecule has 0 spiro atoms. The quantitative estimate of drug-likeness (QED) is 0.462. The predicted octanol–water partition coefficient (Wildman–Crippen LogP) is 3.39. The van der Waals surface area contributed by atoms with Crippen molar-refractivity contribution < 1.29 is 19.1 Å². The summed E-state index contributed by atoms with van der Waals surface area (Å²) in [6.45, 7) is 8.01. The third kappa shape index (κ3) is 7.23. The Morgan fingerprint density at radius 3 is 2.37 bits per heavy atom. The smallest absolute Gasteiger partial charge is 0.408 e. The molecule has 6 nitrogen and oxygen atoms in total. The topological polar surface area (TPSA) is 90.6 Å². The molecule has 3 N–H and O–H groups in total. The number of nitrogens with one attached hydrogen (secondary N) is 1. The molecule has 2 rings (SSSR count). The van der Waals surface area contributed by atoms with Gasteiger partial charge in [0.2, 0.25) is 0 Å². The Labute approximate surface area is 160 Å². The summed E-state index contributed by atoms with van der Waals surface area (Å²) in [4.78, 5) is 24.0. The molecular weight excluding hydrogens is 344 g/mol. The molecule has 0 saturated carbocycles. The number of benzene rings is 2. The number of nitrogen functional groups attached to an aromatic ring is 1. The monoisotopic (exact) mass is 370 g/mol. The molecule has 0 radical (unpaired) electrons. The van der Waals surface area contributed by atoms with E-state index in [-0.39, 0.29) is 13.0 Å². The molecule has 0 bridgehead atoms. The van der Waals surface area contributed by atoms with E-state index in [0.717, 1.165) is 16.7 Å². The summed E-state index contributed by atoms with van der Waals surface area (Å²) in [6.07, 6.45) is -0.389. The van der Waals surface area contributed by atoms with E-state index in [1.54, 1.807) is 6.07 Å². The van der Waals surface area contributed by atoms with Crippen LogP contribution in [0.1, 0.15) is 16.7 Å². The first-order chi connectivity index (χ1) is 13.0. The van der Waals surface area contributed by atoms with Gasteiger partial charge in [0.1, 0.15) is 12.6 Å². The molecule has 2 aromatic rings. The van der Waals surface area contributed by atoms with Crippen molar-refractivity contribution in [2.75, 3.05) is 12.8 Å². The highest BCUT2D eigenvalue weighted by atomic mass is 16.6. The zero-order valence-corrected chi connectivity index (χ0v) is 15.7. The number of aryl methyl sites for hydroxylation is 1. The molecule has 0 heterocycles. The zero-order valence-electron chi connectivity index (χ0n) is 15.7. The van der Waals surface area contributed by atoms with Crippen LogP contribution < -0.4 is 11.1 Å². The number of amides is 1. The van der Waals surface area contributed by atoms with Gasteiger partial charge in [0.05, 0.1) is 7.11 Å². The Balaban J connectivity index is 0.00000176. The van der Waals surface area contributed by atoms with Crippen LogP contribution in [0.2, 0.25) is 0 Å². The van der Waals surface area contributed by atoms with Gasteiger partial charge >= 0.3 is 12.1 Å². The van der Waals surface area contributed by atoms with E-state index in [0.29, 0.717) is 5.69 Å². The van der Waals surface area contributed by atoms with Crippen LogP contribution in [0, 0.1) is 6.92 Å². The van der Waals surface area contributed by atoms with Crippen LogP contribution in [0.4, 0.5) is 10.5 Å². The summed E-state index contributed by atoms with van der Waals surface area (Å²) >= 11 is 0. The van der Waals surface area contributed by atoms with Gasteiger partial charge in [0, 0.05) is 12.1 Å². The molecule has 0 aliphatic carbocycles. The second-order valence-corrected chi connectivity index (χ2v) is 5.68. The standard InChI is InChI=1S/C19H22N2O4.C2H4/c1-13-10-15(8-9-16(13)20)11-17(18(22)24-2)21-19(23)25-12-14-6-4-3-5-7-14;1-2/h3-10,17H,11-12,20H2,1-2H3,(H,21,23);1-2H2/t17-;/m0./s1. The average Bonchev–Trinajstić information content (AvgIpc) is 2.70. The Hall–Kier alpha value is -3.28. The van der Waals surface area contributed by atoms with E-state index >= 15 is 0 Å². The lowest BCUT2D eigenvalue weighted by Gasteiger charge is -2.17. The molecule has 0 unspecified atom stereocenters. The highest BCUT2D eigenvalue weighted by Gasteiger charge is 2.23. The number of methoxy groups -OCH3 is 1. The molecular formula is C21H26N2O4. The Bertz CT molecular complexity index is 747. The number of alkyl carbamates (subject to hydrolysis) is 1. The van der Waals surface area contributed by atoms with Crippen LogP contribution >= 0.6 is 0 Å². The lowest BCUT2D eigenvalue weighted by molar-refractivity contribution is -0.143. The summed E-state index contributed by atoms with van der Waals surface area (Å²) in [6, 6.07) is 13.9. The van der Waals surface area contributed by atoms with E-state index < -0.39 is 18.1 Å². The number of nitrogens with two attached hydrogens (primary N) is 1. The predicted molar refractivity (Wildman–Crippen MR) is 106 cm³/mol. The van der Waals surface area contributed by atoms with E-state index in [1.165, 1.54) is 7.11 Å². The van der Waals surface area contributed by atoms with E-state index in [9.17, 15) is 9.59 Å². The summed E-state index contributed by atoms with van der Waals surface area (Å²) < 4.78 is 9.92. The molecule has 0 aromatic heterocycles. The first kappa shape index (κ1) is 21.8. The molecule has 0 saturated heterocycles. The van der Waals surface area contributed by atoms with Crippen molar-refractivity contribution in [3.63, 3.8) is 0 Å². The first-order valence-corrected chi connectivity index (χ1v) is 8.39. The summed E-state index contributed by atoms with van der Waals surface area (Å²) in [5.74, 6) is -0.536. The number of hydrogen-bond acceptors (Lipinski definition) is 5. The molecule has 144 valence electrons. The van der Waals surface area contributed by atoms with E-state index in [4.69, 9.17) is 15.2 Å². The van der Waals surface area contributed by atoms with Gasteiger partial charge in [-0.25, -0.2) is 9.59 Å². The van der Waals surface area contributed by atoms with Gasteiger partial charge in [0.25, 0.3) is 0 Å². The third-order valence-electron chi connectivity index (χ3n) is 3.76. The van der Waals surface area contributed by atoms with Gasteiger partial charge in [0.15, 0.2) is 0 Å². The Kier molecular flexibility index (Phi) is 9.15. The molecule has 6 heteroatoms. The number of carbonyl (C=O) groups excluding carboxylic acids is 2. The maximum Gasteiger partial charge on any atom is 0.408 e. The van der Waals surface area contributed by atoms with Crippen LogP contribution in [-0.2, 0) is 27.3 Å². The number of carbonyl (C=O) groups is 2. The van der Waals surface area contributed by atoms with Crippen molar-refractivity contribution >= 4 is 17.7 Å². The SMILES string of the molecule is C=C.COC(=O)[C@H](Cc1ccc(N)c(C)c1)NC(=O)OCc1ccccc1. The third-order valence-corrected chi connectivity index (χ3v) is 3.76. The molecule has 0 aliphatic heterocycles. The Morgan fingerprint density at radius 2 is 1.78 bits per heavy atom. The second kappa shape index (κ2) is 11.4. The van der Waals surface area contributed by atoms with Crippen molar-refractivity contribution in [2.45, 2.75) is 26.0 Å². The highest BCUT2D eigenvalue weighted by Crippen LogP contribution is 2.14. The fourth-order valence-corrected chi connectivity index (χ4v) is 2.34. The van der Waals surface area contributed by atoms with Crippen LogP contribution in [0.15, 0.2) is 61.7 Å². The van der Waals surface area contributed by atoms with Crippen molar-refractivity contribution in [1.29, 1.82) is 0 Å². The lowest BCUT2D eigenvalue weighted by atomic mass is 10.0. The van der Waals surface area contributed by atoms with Gasteiger partial charge in [-0.15, -0.1) is 13.2 Å². The highest BCUT2D eigenvalue weighted by molar-refractivity contribution is 5.81. The van der Waals surface area contributed by atoms with Gasteiger partial charge in [-0.05, 0) is 29.7 Å². The summed E-state index contributed by atoms with van der Waals surface area (Å²) in [5, 5.41) is 2.55. The number of esters is 1. The largest absolute Gasteiger partial charge is 0.467 e. The van der Waals surface area contributed by atoms with Crippen molar-refractivity contribution in [1.82, 2.24) is 5.32 Å². The minimum Gasteiger partial charge on any atom is -0.467 e. The van der Waals surface area contributed by atoms with E-state index in [1.807, 2.05) is 49.4 Å². The van der Waals surface area contributed by atoms with Gasteiger partial charge in [-0.1, -0.05) is 42.5 Å². The Morgan fingerprint density at radius 1 is 1.11 bits per heavy atom. The van der Waals surface area contributed by atoms with Gasteiger partial charge in [-0.2, -0.15) is 0 Å². The number of rotatable bonds is 6. The zero-order chi connectivity index (χ0) is 20.2. The fourth-order valence-electron chi connectivity index (χ4n) is 2.34. The molecule has 0 fully saturated rings. The van der Waals surface area contributed by atoms with Crippen LogP contribution in [0.5, 0.6) is 0 Å². The van der Waals surface area contributed by atoms with Crippen LogP contribution in [0.25, 0.3) is 0 Å². The molecule has 0 aliphatic rings. The van der Waals surface area contributed by atoms with Crippen molar-refractivity contribution in [3.05, 3.63) is 78.4 Å². The minimum absolute atomic E-state index is 0.127. The molecule has 2 aromatic carbocycles. The van der Waals surface area contributed by atoms with Crippen molar-refractivity contribution in [3.8, 4) is 0 Å². The molecule has 27 heavy (non-hydrogen) atoms. The number of hydrogen-bond donors (Lipinski definition) is 2. The fraction of sp³-hybridized carbons (Fsp3) is 0.238. The van der Waals surface area contributed by atoms with Crippen LogP contribution in [-0.4, -0.2) is 25.2 Å². The number of anilines is 1. The maximum absolute atomic E-state index is 12.0. The summed E-state index contributed by atoms with van der Waals surface area (Å²) in [7, 11) is 1.28. The summed E-state index contributed by atoms with van der Waals surface area (Å²) in [5.41, 5.74) is 9.11. The maximum atomic E-state index is 12.0. The first-order valence-electron chi connectivity index (χ1n) is 8.39.